The molecule has 0 saturated heterocycles. The number of H-pyrrole nitrogens is 1. The minimum Gasteiger partial charge on any atom is -0.471 e. The lowest BCUT2D eigenvalue weighted by Crippen LogP contribution is -2.23. The molecular weight excluding hydrogens is 228 g/mol. The first-order valence-electron chi connectivity index (χ1n) is 5.58. The Morgan fingerprint density at radius 2 is 2.17 bits per heavy atom. The summed E-state index contributed by atoms with van der Waals surface area (Å²) in [5.74, 6) is 0.520. The van der Waals surface area contributed by atoms with Gasteiger partial charge in [-0.1, -0.05) is 0 Å². The van der Waals surface area contributed by atoms with Gasteiger partial charge in [0, 0.05) is 17.8 Å². The maximum atomic E-state index is 8.58. The molecule has 2 rings (SSSR count). The third-order valence-corrected chi connectivity index (χ3v) is 2.21. The lowest BCUT2D eigenvalue weighted by atomic mass is 10.2. The molecule has 5 nitrogen and oxygen atoms in total. The van der Waals surface area contributed by atoms with E-state index in [9.17, 15) is 0 Å². The van der Waals surface area contributed by atoms with Crippen LogP contribution in [0.3, 0.4) is 0 Å². The average Bonchev–Trinajstić information content (AvgIpc) is 2.68. The Morgan fingerprint density at radius 1 is 1.39 bits per heavy atom. The van der Waals surface area contributed by atoms with Crippen molar-refractivity contribution in [1.82, 2.24) is 15.0 Å². The Hall–Kier alpha value is -2.35. The van der Waals surface area contributed by atoms with Crippen molar-refractivity contribution in [1.29, 1.82) is 5.26 Å². The normalized spacial score (nSPS) is 11.9. The van der Waals surface area contributed by atoms with Crippen molar-refractivity contribution in [2.24, 2.45) is 0 Å². The summed E-state index contributed by atoms with van der Waals surface area (Å²) < 4.78 is 5.81. The third kappa shape index (κ3) is 2.48. The van der Waals surface area contributed by atoms with E-state index in [0.717, 1.165) is 10.9 Å². The molecule has 0 radical (unpaired) electrons. The first-order valence-corrected chi connectivity index (χ1v) is 5.58. The molecule has 2 aromatic rings. The van der Waals surface area contributed by atoms with Gasteiger partial charge in [-0.3, -0.25) is 0 Å². The van der Waals surface area contributed by atoms with Crippen LogP contribution >= 0.6 is 0 Å². The van der Waals surface area contributed by atoms with Crippen LogP contribution < -0.4 is 4.74 Å². The number of hydrogen-bond acceptors (Lipinski definition) is 4. The summed E-state index contributed by atoms with van der Waals surface area (Å²) in [5, 5.41) is 9.37. The molecular formula is C13H14N4O. The van der Waals surface area contributed by atoms with E-state index in [1.54, 1.807) is 12.3 Å². The summed E-state index contributed by atoms with van der Waals surface area (Å²) in [6, 6.07) is 1.96. The Labute approximate surface area is 105 Å². The smallest absolute Gasteiger partial charge is 0.227 e. The molecule has 92 valence electrons. The lowest BCUT2D eigenvalue weighted by molar-refractivity contribution is 0.126. The van der Waals surface area contributed by atoms with Crippen molar-refractivity contribution >= 4 is 17.1 Å². The van der Waals surface area contributed by atoms with Crippen molar-refractivity contribution in [2.45, 2.75) is 26.4 Å². The van der Waals surface area contributed by atoms with Crippen LogP contribution in [0.4, 0.5) is 0 Å². The topological polar surface area (TPSA) is 74.6 Å². The van der Waals surface area contributed by atoms with Gasteiger partial charge < -0.3 is 9.72 Å². The zero-order valence-corrected chi connectivity index (χ0v) is 10.6. The highest BCUT2D eigenvalue weighted by atomic mass is 16.5. The van der Waals surface area contributed by atoms with E-state index < -0.39 is 0 Å². The number of ether oxygens (including phenoxy) is 1. The van der Waals surface area contributed by atoms with Crippen LogP contribution in [0.5, 0.6) is 5.88 Å². The molecule has 0 bridgehead atoms. The number of hydrogen-bond donors (Lipinski definition) is 1. The van der Waals surface area contributed by atoms with Gasteiger partial charge in [-0.25, -0.2) is 9.97 Å². The van der Waals surface area contributed by atoms with Crippen molar-refractivity contribution in [3.8, 4) is 11.9 Å². The fraction of sp³-hybridized carbons (Fsp3) is 0.308. The Morgan fingerprint density at radius 3 is 2.83 bits per heavy atom. The van der Waals surface area contributed by atoms with E-state index in [1.807, 2.05) is 26.8 Å². The fourth-order valence-electron chi connectivity index (χ4n) is 1.58. The van der Waals surface area contributed by atoms with Crippen LogP contribution in [0.15, 0.2) is 18.6 Å². The molecule has 2 aromatic heterocycles. The van der Waals surface area contributed by atoms with Crippen LogP contribution in [0.1, 0.15) is 26.3 Å². The maximum Gasteiger partial charge on any atom is 0.227 e. The van der Waals surface area contributed by atoms with E-state index in [4.69, 9.17) is 10.00 Å². The minimum atomic E-state index is -0.339. The van der Waals surface area contributed by atoms with Gasteiger partial charge in [-0.15, -0.1) is 0 Å². The summed E-state index contributed by atoms with van der Waals surface area (Å²) >= 11 is 0. The summed E-state index contributed by atoms with van der Waals surface area (Å²) in [4.78, 5) is 11.3. The zero-order valence-electron chi connectivity index (χ0n) is 10.6. The molecule has 0 amide bonds. The predicted octanol–water partition coefficient (Wildman–Crippen LogP) is 2.67. The molecule has 0 aliphatic heterocycles. The molecule has 2 heterocycles. The number of nitrogens with zero attached hydrogens (tertiary/aromatic N) is 3. The van der Waals surface area contributed by atoms with E-state index in [1.165, 1.54) is 12.4 Å². The molecule has 5 heteroatoms. The summed E-state index contributed by atoms with van der Waals surface area (Å²) in [5.41, 5.74) is 1.20. The van der Waals surface area contributed by atoms with Crippen LogP contribution in [0, 0.1) is 11.3 Å². The number of aromatic amines is 1. The van der Waals surface area contributed by atoms with E-state index in [0.29, 0.717) is 11.5 Å². The number of rotatable bonds is 2. The van der Waals surface area contributed by atoms with E-state index in [2.05, 4.69) is 15.0 Å². The van der Waals surface area contributed by atoms with Gasteiger partial charge in [-0.2, -0.15) is 5.26 Å². The number of allylic oxidation sites excluding steroid dienone is 1. The molecule has 0 spiro atoms. The monoisotopic (exact) mass is 242 g/mol. The number of fused-ring (bicyclic) bond motifs is 1. The Bertz CT molecular complexity index is 628. The number of nitrogens with one attached hydrogen (secondary N) is 1. The van der Waals surface area contributed by atoms with Crippen molar-refractivity contribution in [3.63, 3.8) is 0 Å². The first-order chi connectivity index (χ1) is 8.51. The van der Waals surface area contributed by atoms with Gasteiger partial charge in [0.15, 0.2) is 0 Å². The van der Waals surface area contributed by atoms with Crippen LogP contribution in [0.25, 0.3) is 17.1 Å². The average molecular weight is 242 g/mol. The predicted molar refractivity (Wildman–Crippen MR) is 68.9 cm³/mol. The SMILES string of the molecule is CC(C)(C)Oc1ncnc2[nH]cc(/C=C/C#N)c12. The second kappa shape index (κ2) is 4.49. The highest BCUT2D eigenvalue weighted by Crippen LogP contribution is 2.28. The standard InChI is InChI=1S/C13H14N4O/c1-13(2,3)18-12-10-9(5-4-6-14)7-15-11(10)16-8-17-12/h4-5,7-8H,1-3H3,(H,15,16,17)/b5-4+. The summed E-state index contributed by atoms with van der Waals surface area (Å²) in [6.45, 7) is 5.87. The van der Waals surface area contributed by atoms with Gasteiger partial charge in [0.05, 0.1) is 11.5 Å². The molecule has 0 fully saturated rings. The van der Waals surface area contributed by atoms with Crippen LogP contribution in [0.2, 0.25) is 0 Å². The second-order valence-electron chi connectivity index (χ2n) is 4.82. The largest absolute Gasteiger partial charge is 0.471 e. The number of nitriles is 1. The van der Waals surface area contributed by atoms with Crippen molar-refractivity contribution < 1.29 is 4.74 Å². The summed E-state index contributed by atoms with van der Waals surface area (Å²) in [6.07, 6.45) is 6.36. The Balaban J connectivity index is 2.56. The first kappa shape index (κ1) is 12.1. The molecule has 0 atom stereocenters. The molecule has 0 saturated carbocycles. The van der Waals surface area contributed by atoms with Crippen molar-refractivity contribution in [3.05, 3.63) is 24.2 Å². The van der Waals surface area contributed by atoms with E-state index >= 15 is 0 Å². The molecule has 0 aliphatic carbocycles. The van der Waals surface area contributed by atoms with Gasteiger partial charge in [0.2, 0.25) is 5.88 Å². The quantitative estimate of drug-likeness (QED) is 0.821. The highest BCUT2D eigenvalue weighted by Gasteiger charge is 2.17. The van der Waals surface area contributed by atoms with Gasteiger partial charge in [-0.05, 0) is 26.8 Å². The molecule has 1 N–H and O–H groups in total. The molecule has 0 aromatic carbocycles. The minimum absolute atomic E-state index is 0.339. The lowest BCUT2D eigenvalue weighted by Gasteiger charge is -2.20. The van der Waals surface area contributed by atoms with Gasteiger partial charge in [0.1, 0.15) is 17.6 Å². The highest BCUT2D eigenvalue weighted by molar-refractivity contribution is 5.90. The molecule has 0 unspecified atom stereocenters. The number of aromatic nitrogens is 3. The van der Waals surface area contributed by atoms with Crippen LogP contribution in [-0.4, -0.2) is 20.6 Å². The third-order valence-electron chi connectivity index (χ3n) is 2.21. The molecule has 0 aliphatic rings. The maximum absolute atomic E-state index is 8.58. The van der Waals surface area contributed by atoms with Crippen LogP contribution in [-0.2, 0) is 0 Å². The zero-order chi connectivity index (χ0) is 13.2. The Kier molecular flexibility index (Phi) is 3.02. The van der Waals surface area contributed by atoms with E-state index in [-0.39, 0.29) is 5.60 Å². The molecule has 18 heavy (non-hydrogen) atoms. The van der Waals surface area contributed by atoms with Gasteiger partial charge in [0.25, 0.3) is 0 Å². The van der Waals surface area contributed by atoms with Gasteiger partial charge >= 0.3 is 0 Å². The second-order valence-corrected chi connectivity index (χ2v) is 4.82. The fourth-order valence-corrected chi connectivity index (χ4v) is 1.58. The van der Waals surface area contributed by atoms with Crippen molar-refractivity contribution in [2.75, 3.05) is 0 Å². The summed E-state index contributed by atoms with van der Waals surface area (Å²) in [7, 11) is 0.